The van der Waals surface area contributed by atoms with Crippen LogP contribution in [0, 0.1) is 0 Å². The minimum absolute atomic E-state index is 0. The maximum absolute atomic E-state index is 12.8. The number of carbonyl (C=O) groups is 1. The van der Waals surface area contributed by atoms with Crippen LogP contribution in [0.5, 0.6) is 0 Å². The molecular weight excluding hydrogens is 472 g/mol. The average molecular weight is 498 g/mol. The monoisotopic (exact) mass is 498 g/mol. The fourth-order valence-corrected chi connectivity index (χ4v) is 2.77. The van der Waals surface area contributed by atoms with Crippen molar-refractivity contribution in [1.29, 1.82) is 0 Å². The van der Waals surface area contributed by atoms with Crippen LogP contribution >= 0.6 is 24.0 Å². The predicted molar refractivity (Wildman–Crippen MR) is 110 cm³/mol. The first-order valence-electron chi connectivity index (χ1n) is 8.86. The van der Waals surface area contributed by atoms with Crippen LogP contribution in [0.4, 0.5) is 13.2 Å². The molecule has 1 aliphatic heterocycles. The highest BCUT2D eigenvalue weighted by Gasteiger charge is 2.30. The molecule has 152 valence electrons. The van der Waals surface area contributed by atoms with E-state index in [1.54, 1.807) is 6.07 Å². The van der Waals surface area contributed by atoms with Crippen molar-refractivity contribution in [3.8, 4) is 0 Å². The largest absolute Gasteiger partial charge is 0.416 e. The van der Waals surface area contributed by atoms with E-state index in [-0.39, 0.29) is 43.0 Å². The quantitative estimate of drug-likeness (QED) is 0.372. The molecule has 1 aromatic rings. The highest BCUT2D eigenvalue weighted by atomic mass is 127. The van der Waals surface area contributed by atoms with Crippen LogP contribution in [0.1, 0.15) is 37.3 Å². The fraction of sp³-hybridized carbons (Fsp3) is 0.556. The molecule has 1 fully saturated rings. The summed E-state index contributed by atoms with van der Waals surface area (Å²) in [7, 11) is 0. The third kappa shape index (κ3) is 7.94. The normalized spacial score (nSPS) is 15.1. The second-order valence-electron chi connectivity index (χ2n) is 6.19. The maximum atomic E-state index is 12.8. The second-order valence-corrected chi connectivity index (χ2v) is 6.19. The molecule has 9 heteroatoms. The van der Waals surface area contributed by atoms with Crippen LogP contribution in [0.3, 0.4) is 0 Å². The number of hydrogen-bond donors (Lipinski definition) is 2. The van der Waals surface area contributed by atoms with Gasteiger partial charge in [-0.3, -0.25) is 4.79 Å². The zero-order valence-corrected chi connectivity index (χ0v) is 17.6. The van der Waals surface area contributed by atoms with Crippen molar-refractivity contribution < 1.29 is 18.0 Å². The van der Waals surface area contributed by atoms with Gasteiger partial charge in [-0.2, -0.15) is 13.2 Å². The fourth-order valence-electron chi connectivity index (χ4n) is 2.77. The van der Waals surface area contributed by atoms with E-state index < -0.39 is 11.7 Å². The molecule has 0 unspecified atom stereocenters. The van der Waals surface area contributed by atoms with Gasteiger partial charge in [0.1, 0.15) is 0 Å². The summed E-state index contributed by atoms with van der Waals surface area (Å²) in [5.41, 5.74) is -0.233. The Hall–Kier alpha value is -1.52. The number of aliphatic imine (C=N–C) groups is 1. The molecule has 1 aliphatic rings. The minimum atomic E-state index is -4.37. The smallest absolute Gasteiger partial charge is 0.357 e. The number of alkyl halides is 3. The molecule has 2 N–H and O–H groups in total. The van der Waals surface area contributed by atoms with Crippen molar-refractivity contribution >= 4 is 35.8 Å². The molecule has 1 heterocycles. The van der Waals surface area contributed by atoms with Gasteiger partial charge in [-0.25, -0.2) is 4.99 Å². The number of halogens is 4. The van der Waals surface area contributed by atoms with Gasteiger partial charge >= 0.3 is 6.18 Å². The minimum Gasteiger partial charge on any atom is -0.357 e. The number of nitrogens with zero attached hydrogens (tertiary/aromatic N) is 2. The summed E-state index contributed by atoms with van der Waals surface area (Å²) in [6.07, 6.45) is -1.17. The number of nitrogens with one attached hydrogen (secondary N) is 2. The average Bonchev–Trinajstić information content (AvgIpc) is 2.64. The summed E-state index contributed by atoms with van der Waals surface area (Å²) in [5, 5.41) is 5.96. The lowest BCUT2D eigenvalue weighted by Crippen LogP contribution is -2.46. The van der Waals surface area contributed by atoms with Crippen molar-refractivity contribution in [2.24, 2.45) is 4.99 Å². The van der Waals surface area contributed by atoms with Crippen LogP contribution in [0.2, 0.25) is 0 Å². The van der Waals surface area contributed by atoms with Crippen LogP contribution in [-0.4, -0.2) is 42.9 Å². The molecule has 0 bridgehead atoms. The maximum Gasteiger partial charge on any atom is 0.416 e. The third-order valence-electron chi connectivity index (χ3n) is 4.13. The topological polar surface area (TPSA) is 56.7 Å². The number of hydrogen-bond acceptors (Lipinski definition) is 2. The molecule has 0 aliphatic carbocycles. The van der Waals surface area contributed by atoms with Gasteiger partial charge in [-0.1, -0.05) is 12.1 Å². The number of amides is 1. The number of likely N-dealkylation sites (tertiary alicyclic amines) is 1. The summed E-state index contributed by atoms with van der Waals surface area (Å²) >= 11 is 0. The van der Waals surface area contributed by atoms with E-state index in [0.29, 0.717) is 18.1 Å². The molecule has 0 saturated carbocycles. The summed E-state index contributed by atoms with van der Waals surface area (Å²) in [6, 6.07) is 5.09. The molecule has 0 aromatic heterocycles. The highest BCUT2D eigenvalue weighted by molar-refractivity contribution is 14.0. The Morgan fingerprint density at radius 2 is 1.89 bits per heavy atom. The second kappa shape index (κ2) is 11.4. The van der Waals surface area contributed by atoms with E-state index in [9.17, 15) is 18.0 Å². The summed E-state index contributed by atoms with van der Waals surface area (Å²) in [4.78, 5) is 18.3. The first-order chi connectivity index (χ1) is 12.4. The SMILES string of the molecule is CCNC(=NCc1cccc(C(F)(F)F)c1)NCC(=O)N1CCCCC1.I. The Morgan fingerprint density at radius 3 is 2.52 bits per heavy atom. The van der Waals surface area contributed by atoms with E-state index >= 15 is 0 Å². The lowest BCUT2D eigenvalue weighted by Gasteiger charge is -2.27. The van der Waals surface area contributed by atoms with E-state index in [1.807, 2.05) is 11.8 Å². The molecule has 0 atom stereocenters. The number of piperidine rings is 1. The van der Waals surface area contributed by atoms with Gasteiger partial charge in [-0.05, 0) is 43.9 Å². The Labute approximate surface area is 174 Å². The molecule has 0 spiro atoms. The van der Waals surface area contributed by atoms with Crippen molar-refractivity contribution in [3.63, 3.8) is 0 Å². The number of rotatable bonds is 5. The van der Waals surface area contributed by atoms with E-state index in [0.717, 1.165) is 44.5 Å². The standard InChI is InChI=1S/C18H25F3N4O.HI/c1-2-22-17(24-13-16(26)25-9-4-3-5-10-25)23-12-14-7-6-8-15(11-14)18(19,20)21;/h6-8,11H,2-5,9-10,12-13H2,1H3,(H2,22,23,24);1H. The Bertz CT molecular complexity index is 631. The Morgan fingerprint density at radius 1 is 1.19 bits per heavy atom. The van der Waals surface area contributed by atoms with E-state index in [1.165, 1.54) is 6.07 Å². The van der Waals surface area contributed by atoms with Crippen molar-refractivity contribution in [2.75, 3.05) is 26.2 Å². The molecule has 2 rings (SSSR count). The van der Waals surface area contributed by atoms with Gasteiger partial charge in [0.15, 0.2) is 5.96 Å². The zero-order chi connectivity index (χ0) is 19.0. The van der Waals surface area contributed by atoms with Gasteiger partial charge in [-0.15, -0.1) is 24.0 Å². The molecule has 5 nitrogen and oxygen atoms in total. The van der Waals surface area contributed by atoms with Crippen LogP contribution in [0.25, 0.3) is 0 Å². The molecule has 1 amide bonds. The van der Waals surface area contributed by atoms with E-state index in [4.69, 9.17) is 0 Å². The van der Waals surface area contributed by atoms with Crippen molar-refractivity contribution in [2.45, 2.75) is 38.9 Å². The van der Waals surface area contributed by atoms with Crippen molar-refractivity contribution in [3.05, 3.63) is 35.4 Å². The summed E-state index contributed by atoms with van der Waals surface area (Å²) < 4.78 is 38.3. The lowest BCUT2D eigenvalue weighted by atomic mass is 10.1. The number of carbonyl (C=O) groups excluding carboxylic acids is 1. The Kier molecular flexibility index (Phi) is 9.89. The molecule has 27 heavy (non-hydrogen) atoms. The predicted octanol–water partition coefficient (Wildman–Crippen LogP) is 3.39. The first-order valence-corrected chi connectivity index (χ1v) is 8.86. The third-order valence-corrected chi connectivity index (χ3v) is 4.13. The molecule has 1 saturated heterocycles. The molecule has 1 aromatic carbocycles. The van der Waals surface area contributed by atoms with Crippen molar-refractivity contribution in [1.82, 2.24) is 15.5 Å². The van der Waals surface area contributed by atoms with Crippen LogP contribution < -0.4 is 10.6 Å². The Balaban J connectivity index is 0.00000364. The van der Waals surface area contributed by atoms with Gasteiger partial charge in [0.25, 0.3) is 0 Å². The lowest BCUT2D eigenvalue weighted by molar-refractivity contribution is -0.137. The van der Waals surface area contributed by atoms with Gasteiger partial charge in [0.05, 0.1) is 18.7 Å². The van der Waals surface area contributed by atoms with Gasteiger partial charge < -0.3 is 15.5 Å². The summed E-state index contributed by atoms with van der Waals surface area (Å²) in [5.74, 6) is 0.421. The summed E-state index contributed by atoms with van der Waals surface area (Å²) in [6.45, 7) is 4.24. The van der Waals surface area contributed by atoms with Crippen LogP contribution in [-0.2, 0) is 17.5 Å². The zero-order valence-electron chi connectivity index (χ0n) is 15.3. The van der Waals surface area contributed by atoms with Gasteiger partial charge in [0.2, 0.25) is 5.91 Å². The number of guanidine groups is 1. The van der Waals surface area contributed by atoms with E-state index in [2.05, 4.69) is 15.6 Å². The molecule has 0 radical (unpaired) electrons. The highest BCUT2D eigenvalue weighted by Crippen LogP contribution is 2.29. The molecular formula is C18H26F3IN4O. The first kappa shape index (κ1) is 23.5. The number of benzene rings is 1. The van der Waals surface area contributed by atoms with Gasteiger partial charge in [0, 0.05) is 19.6 Å². The van der Waals surface area contributed by atoms with Crippen LogP contribution in [0.15, 0.2) is 29.3 Å².